The quantitative estimate of drug-likeness (QED) is 0.943. The predicted molar refractivity (Wildman–Crippen MR) is 91.2 cm³/mol. The highest BCUT2D eigenvalue weighted by atomic mass is 32.1. The van der Waals surface area contributed by atoms with Crippen LogP contribution in [-0.2, 0) is 4.74 Å². The van der Waals surface area contributed by atoms with Crippen molar-refractivity contribution >= 4 is 28.6 Å². The molecule has 1 aliphatic heterocycles. The molecule has 5 heteroatoms. The second-order valence-corrected chi connectivity index (χ2v) is 6.71. The van der Waals surface area contributed by atoms with E-state index in [9.17, 15) is 4.79 Å². The lowest BCUT2D eigenvalue weighted by molar-refractivity contribution is 0.103. The molecule has 1 amide bonds. The minimum absolute atomic E-state index is 0.0414. The van der Waals surface area contributed by atoms with Gasteiger partial charge < -0.3 is 15.0 Å². The maximum Gasteiger partial charge on any atom is 0.265 e. The molecule has 0 saturated carbocycles. The third kappa shape index (κ3) is 3.31. The van der Waals surface area contributed by atoms with Crippen LogP contribution in [0.2, 0.25) is 0 Å². The van der Waals surface area contributed by atoms with Crippen molar-refractivity contribution in [2.24, 2.45) is 0 Å². The molecule has 1 aromatic heterocycles. The Hall–Kier alpha value is -1.85. The molecule has 22 heavy (non-hydrogen) atoms. The number of morpholine rings is 1. The van der Waals surface area contributed by atoms with Gasteiger partial charge in [-0.05, 0) is 49.7 Å². The maximum absolute atomic E-state index is 12.2. The van der Waals surface area contributed by atoms with Crippen LogP contribution in [0.25, 0.3) is 0 Å². The van der Waals surface area contributed by atoms with Gasteiger partial charge in [-0.2, -0.15) is 0 Å². The molecule has 3 rings (SSSR count). The average Bonchev–Trinajstić information content (AvgIpc) is 2.88. The second-order valence-electron chi connectivity index (χ2n) is 5.45. The molecule has 0 aliphatic carbocycles. The Bertz CT molecular complexity index is 638. The van der Waals surface area contributed by atoms with E-state index in [1.165, 1.54) is 21.9 Å². The van der Waals surface area contributed by atoms with Gasteiger partial charge in [0.05, 0.1) is 18.1 Å². The SMILES string of the molecule is Cc1cc(C(=O)Nc2ccc(N3CCOCC3)cc2)sc1C. The Morgan fingerprint density at radius 3 is 2.45 bits per heavy atom. The van der Waals surface area contributed by atoms with Gasteiger partial charge in [0, 0.05) is 29.3 Å². The number of amides is 1. The number of carbonyl (C=O) groups is 1. The Morgan fingerprint density at radius 2 is 1.86 bits per heavy atom. The summed E-state index contributed by atoms with van der Waals surface area (Å²) < 4.78 is 5.36. The fraction of sp³-hybridized carbons (Fsp3) is 0.353. The lowest BCUT2D eigenvalue weighted by Crippen LogP contribution is -2.36. The fourth-order valence-electron chi connectivity index (χ4n) is 2.45. The number of nitrogens with zero attached hydrogens (tertiary/aromatic N) is 1. The van der Waals surface area contributed by atoms with Crippen molar-refractivity contribution in [3.05, 3.63) is 45.6 Å². The summed E-state index contributed by atoms with van der Waals surface area (Å²) >= 11 is 1.53. The first kappa shape index (κ1) is 15.1. The van der Waals surface area contributed by atoms with Gasteiger partial charge in [0.1, 0.15) is 0 Å². The number of thiophene rings is 1. The van der Waals surface area contributed by atoms with E-state index >= 15 is 0 Å². The van der Waals surface area contributed by atoms with Crippen LogP contribution in [0.1, 0.15) is 20.1 Å². The van der Waals surface area contributed by atoms with Gasteiger partial charge in [-0.25, -0.2) is 0 Å². The van der Waals surface area contributed by atoms with Crippen molar-refractivity contribution in [1.82, 2.24) is 0 Å². The number of carbonyl (C=O) groups excluding carboxylic acids is 1. The Morgan fingerprint density at radius 1 is 1.18 bits per heavy atom. The molecule has 0 spiro atoms. The summed E-state index contributed by atoms with van der Waals surface area (Å²) in [7, 11) is 0. The summed E-state index contributed by atoms with van der Waals surface area (Å²) in [4.78, 5) is 16.5. The first-order valence-corrected chi connectivity index (χ1v) is 8.26. The average molecular weight is 316 g/mol. The predicted octanol–water partition coefficient (Wildman–Crippen LogP) is 3.45. The van der Waals surface area contributed by atoms with Gasteiger partial charge in [-0.3, -0.25) is 4.79 Å². The monoisotopic (exact) mass is 316 g/mol. The maximum atomic E-state index is 12.2. The lowest BCUT2D eigenvalue weighted by Gasteiger charge is -2.28. The van der Waals surface area contributed by atoms with Crippen LogP contribution in [0.5, 0.6) is 0 Å². The van der Waals surface area contributed by atoms with Gasteiger partial charge in [-0.15, -0.1) is 11.3 Å². The number of rotatable bonds is 3. The zero-order valence-electron chi connectivity index (χ0n) is 12.9. The van der Waals surface area contributed by atoms with Crippen LogP contribution in [-0.4, -0.2) is 32.2 Å². The van der Waals surface area contributed by atoms with Crippen LogP contribution in [0.4, 0.5) is 11.4 Å². The number of ether oxygens (including phenoxy) is 1. The molecule has 1 saturated heterocycles. The highest BCUT2D eigenvalue weighted by Crippen LogP contribution is 2.23. The molecular formula is C17H20N2O2S. The number of anilines is 2. The third-order valence-electron chi connectivity index (χ3n) is 3.89. The lowest BCUT2D eigenvalue weighted by atomic mass is 10.2. The number of hydrogen-bond acceptors (Lipinski definition) is 4. The number of hydrogen-bond donors (Lipinski definition) is 1. The molecule has 0 radical (unpaired) electrons. The minimum atomic E-state index is -0.0414. The number of nitrogens with one attached hydrogen (secondary N) is 1. The minimum Gasteiger partial charge on any atom is -0.378 e. The summed E-state index contributed by atoms with van der Waals surface area (Å²) in [6.45, 7) is 7.44. The molecule has 2 aromatic rings. The molecule has 0 unspecified atom stereocenters. The summed E-state index contributed by atoms with van der Waals surface area (Å²) in [5.74, 6) is -0.0414. The van der Waals surface area contributed by atoms with E-state index in [1.807, 2.05) is 44.2 Å². The van der Waals surface area contributed by atoms with Gasteiger partial charge in [0.25, 0.3) is 5.91 Å². The summed E-state index contributed by atoms with van der Waals surface area (Å²) in [5, 5.41) is 2.96. The van der Waals surface area contributed by atoms with Crippen molar-refractivity contribution in [1.29, 1.82) is 0 Å². The van der Waals surface area contributed by atoms with E-state index in [-0.39, 0.29) is 5.91 Å². The van der Waals surface area contributed by atoms with Crippen molar-refractivity contribution in [3.8, 4) is 0 Å². The molecule has 4 nitrogen and oxygen atoms in total. The van der Waals surface area contributed by atoms with Crippen molar-refractivity contribution in [3.63, 3.8) is 0 Å². The normalized spacial score (nSPS) is 14.9. The van der Waals surface area contributed by atoms with Crippen LogP contribution >= 0.6 is 11.3 Å². The summed E-state index contributed by atoms with van der Waals surface area (Å²) in [6, 6.07) is 9.95. The van der Waals surface area contributed by atoms with Crippen molar-refractivity contribution in [2.75, 3.05) is 36.5 Å². The van der Waals surface area contributed by atoms with Crippen LogP contribution < -0.4 is 10.2 Å². The summed E-state index contributed by atoms with van der Waals surface area (Å²) in [5.41, 5.74) is 3.16. The largest absolute Gasteiger partial charge is 0.378 e. The first-order valence-electron chi connectivity index (χ1n) is 7.44. The van der Waals surface area contributed by atoms with E-state index < -0.39 is 0 Å². The highest BCUT2D eigenvalue weighted by molar-refractivity contribution is 7.14. The highest BCUT2D eigenvalue weighted by Gasteiger charge is 2.13. The van der Waals surface area contributed by atoms with Crippen molar-refractivity contribution in [2.45, 2.75) is 13.8 Å². The van der Waals surface area contributed by atoms with Gasteiger partial charge in [0.15, 0.2) is 0 Å². The molecule has 0 atom stereocenters. The molecule has 1 fully saturated rings. The fourth-order valence-corrected chi connectivity index (χ4v) is 3.38. The number of aryl methyl sites for hydroxylation is 2. The first-order chi connectivity index (χ1) is 10.6. The molecule has 1 aliphatic rings. The van der Waals surface area contributed by atoms with E-state index in [0.29, 0.717) is 0 Å². The smallest absolute Gasteiger partial charge is 0.265 e. The zero-order chi connectivity index (χ0) is 15.5. The van der Waals surface area contributed by atoms with Crippen LogP contribution in [0.3, 0.4) is 0 Å². The Labute approximate surface area is 134 Å². The molecular weight excluding hydrogens is 296 g/mol. The second kappa shape index (κ2) is 6.50. The van der Waals surface area contributed by atoms with Crippen LogP contribution in [0, 0.1) is 13.8 Å². The van der Waals surface area contributed by atoms with E-state index in [2.05, 4.69) is 10.2 Å². The topological polar surface area (TPSA) is 41.6 Å². The third-order valence-corrected chi connectivity index (χ3v) is 5.04. The molecule has 0 bridgehead atoms. The van der Waals surface area contributed by atoms with E-state index in [4.69, 9.17) is 4.74 Å². The molecule has 1 N–H and O–H groups in total. The number of benzene rings is 1. The van der Waals surface area contributed by atoms with Crippen LogP contribution in [0.15, 0.2) is 30.3 Å². The Kier molecular flexibility index (Phi) is 4.45. The molecule has 1 aromatic carbocycles. The van der Waals surface area contributed by atoms with E-state index in [1.54, 1.807) is 0 Å². The molecule has 116 valence electrons. The van der Waals surface area contributed by atoms with Gasteiger partial charge in [0.2, 0.25) is 0 Å². The van der Waals surface area contributed by atoms with Gasteiger partial charge >= 0.3 is 0 Å². The molecule has 2 heterocycles. The summed E-state index contributed by atoms with van der Waals surface area (Å²) in [6.07, 6.45) is 0. The zero-order valence-corrected chi connectivity index (χ0v) is 13.7. The van der Waals surface area contributed by atoms with Gasteiger partial charge in [-0.1, -0.05) is 0 Å². The standard InChI is InChI=1S/C17H20N2O2S/c1-12-11-16(22-13(12)2)17(20)18-14-3-5-15(6-4-14)19-7-9-21-10-8-19/h3-6,11H,7-10H2,1-2H3,(H,18,20). The van der Waals surface area contributed by atoms with E-state index in [0.717, 1.165) is 42.4 Å². The van der Waals surface area contributed by atoms with Crippen molar-refractivity contribution < 1.29 is 9.53 Å². The Balaban J connectivity index is 1.66.